The average Bonchev–Trinajstić information content (AvgIpc) is 3.11. The van der Waals surface area contributed by atoms with E-state index >= 15 is 0 Å². The number of rotatable bonds is 5. The number of sulfonamides is 1. The van der Waals surface area contributed by atoms with Gasteiger partial charge in [0.15, 0.2) is 0 Å². The molecule has 23 heavy (non-hydrogen) atoms. The van der Waals surface area contributed by atoms with Gasteiger partial charge >= 0.3 is 0 Å². The van der Waals surface area contributed by atoms with E-state index in [-0.39, 0.29) is 4.21 Å². The van der Waals surface area contributed by atoms with Crippen LogP contribution in [0.25, 0.3) is 0 Å². The number of anilines is 1. The van der Waals surface area contributed by atoms with Crippen molar-refractivity contribution in [3.05, 3.63) is 64.3 Å². The molecule has 0 unspecified atom stereocenters. The van der Waals surface area contributed by atoms with Crippen LogP contribution in [0, 0.1) is 6.92 Å². The second kappa shape index (κ2) is 6.35. The summed E-state index contributed by atoms with van der Waals surface area (Å²) in [4.78, 5) is 0. The topological polar surface area (TPSA) is 64.0 Å². The largest absolute Gasteiger partial charge is 0.276 e. The van der Waals surface area contributed by atoms with E-state index in [0.717, 1.165) is 16.9 Å². The zero-order valence-corrected chi connectivity index (χ0v) is 14.6. The molecule has 5 nitrogen and oxygen atoms in total. The van der Waals surface area contributed by atoms with Gasteiger partial charge in [-0.15, -0.1) is 11.3 Å². The van der Waals surface area contributed by atoms with Gasteiger partial charge in [-0.1, -0.05) is 35.9 Å². The molecule has 120 valence electrons. The van der Waals surface area contributed by atoms with Crippen molar-refractivity contribution >= 4 is 38.6 Å². The van der Waals surface area contributed by atoms with Gasteiger partial charge in [0, 0.05) is 6.20 Å². The fourth-order valence-corrected chi connectivity index (χ4v) is 4.62. The molecule has 0 radical (unpaired) electrons. The van der Waals surface area contributed by atoms with E-state index in [4.69, 9.17) is 11.6 Å². The fraction of sp³-hybridized carbons (Fsp3) is 0.133. The highest BCUT2D eigenvalue weighted by atomic mass is 35.5. The lowest BCUT2D eigenvalue weighted by atomic mass is 10.1. The Morgan fingerprint density at radius 2 is 2.04 bits per heavy atom. The predicted octanol–water partition coefficient (Wildman–Crippen LogP) is 3.76. The molecule has 0 saturated carbocycles. The van der Waals surface area contributed by atoms with E-state index in [2.05, 4.69) is 9.82 Å². The Morgan fingerprint density at radius 1 is 1.26 bits per heavy atom. The maximum absolute atomic E-state index is 12.2. The summed E-state index contributed by atoms with van der Waals surface area (Å²) < 4.78 is 29.3. The fourth-order valence-electron chi connectivity index (χ4n) is 2.11. The summed E-state index contributed by atoms with van der Waals surface area (Å²) in [6, 6.07) is 11.0. The van der Waals surface area contributed by atoms with Gasteiger partial charge in [-0.05, 0) is 30.2 Å². The van der Waals surface area contributed by atoms with Crippen LogP contribution in [0.5, 0.6) is 0 Å². The molecule has 8 heteroatoms. The molecule has 0 aliphatic carbocycles. The van der Waals surface area contributed by atoms with E-state index in [1.54, 1.807) is 16.9 Å². The Morgan fingerprint density at radius 3 is 2.74 bits per heavy atom. The number of thiophene rings is 1. The van der Waals surface area contributed by atoms with E-state index in [9.17, 15) is 8.42 Å². The lowest BCUT2D eigenvalue weighted by Crippen LogP contribution is -2.10. The zero-order chi connectivity index (χ0) is 16.4. The van der Waals surface area contributed by atoms with Crippen LogP contribution in [0.3, 0.4) is 0 Å². The average molecular weight is 368 g/mol. The monoisotopic (exact) mass is 367 g/mol. The van der Waals surface area contributed by atoms with E-state index in [1.165, 1.54) is 17.8 Å². The Bertz CT molecular complexity index is 932. The van der Waals surface area contributed by atoms with Crippen LogP contribution in [0.4, 0.5) is 5.69 Å². The predicted molar refractivity (Wildman–Crippen MR) is 92.6 cm³/mol. The highest BCUT2D eigenvalue weighted by molar-refractivity contribution is 7.94. The number of hydrogen-bond acceptors (Lipinski definition) is 4. The van der Waals surface area contributed by atoms with Crippen molar-refractivity contribution < 1.29 is 8.42 Å². The SMILES string of the molecule is Cc1ccccc1Cn1cc(NS(=O)(=O)c2ccc(Cl)s2)cn1. The van der Waals surface area contributed by atoms with Crippen molar-refractivity contribution in [3.8, 4) is 0 Å². The van der Waals surface area contributed by atoms with Crippen LogP contribution in [-0.2, 0) is 16.6 Å². The number of benzene rings is 1. The first-order chi connectivity index (χ1) is 10.9. The molecule has 0 saturated heterocycles. The minimum Gasteiger partial charge on any atom is -0.276 e. The van der Waals surface area contributed by atoms with Gasteiger partial charge in [-0.3, -0.25) is 9.40 Å². The first kappa shape index (κ1) is 16.0. The van der Waals surface area contributed by atoms with Crippen LogP contribution >= 0.6 is 22.9 Å². The Kier molecular flexibility index (Phi) is 4.43. The normalized spacial score (nSPS) is 11.6. The first-order valence-electron chi connectivity index (χ1n) is 6.79. The lowest BCUT2D eigenvalue weighted by molar-refractivity contribution is 0.603. The molecule has 2 heterocycles. The van der Waals surface area contributed by atoms with Crippen molar-refractivity contribution in [2.75, 3.05) is 4.72 Å². The smallest absolute Gasteiger partial charge is 0.271 e. The minimum absolute atomic E-state index is 0.175. The third-order valence-electron chi connectivity index (χ3n) is 3.29. The van der Waals surface area contributed by atoms with Gasteiger partial charge in [0.2, 0.25) is 0 Å². The molecule has 0 aliphatic heterocycles. The number of aromatic nitrogens is 2. The van der Waals surface area contributed by atoms with E-state index < -0.39 is 10.0 Å². The maximum Gasteiger partial charge on any atom is 0.271 e. The molecule has 3 aromatic rings. The molecule has 1 N–H and O–H groups in total. The molecule has 0 atom stereocenters. The molecular weight excluding hydrogens is 354 g/mol. The summed E-state index contributed by atoms with van der Waals surface area (Å²) >= 11 is 6.80. The van der Waals surface area contributed by atoms with E-state index in [1.807, 2.05) is 31.2 Å². The van der Waals surface area contributed by atoms with Crippen molar-refractivity contribution in [1.29, 1.82) is 0 Å². The van der Waals surface area contributed by atoms with Crippen molar-refractivity contribution in [3.63, 3.8) is 0 Å². The summed E-state index contributed by atoms with van der Waals surface area (Å²) in [7, 11) is -3.63. The number of nitrogens with zero attached hydrogens (tertiary/aromatic N) is 2. The third-order valence-corrected chi connectivity index (χ3v) is 6.40. The molecule has 0 bridgehead atoms. The third kappa shape index (κ3) is 3.74. The molecule has 0 amide bonds. The van der Waals surface area contributed by atoms with Gasteiger partial charge in [0.1, 0.15) is 4.21 Å². The second-order valence-electron chi connectivity index (χ2n) is 5.02. The van der Waals surface area contributed by atoms with E-state index in [0.29, 0.717) is 16.6 Å². The molecule has 0 fully saturated rings. The van der Waals surface area contributed by atoms with Crippen molar-refractivity contribution in [2.45, 2.75) is 17.7 Å². The highest BCUT2D eigenvalue weighted by Gasteiger charge is 2.17. The number of nitrogens with one attached hydrogen (secondary N) is 1. The summed E-state index contributed by atoms with van der Waals surface area (Å²) in [6.07, 6.45) is 3.16. The van der Waals surface area contributed by atoms with Crippen molar-refractivity contribution in [1.82, 2.24) is 9.78 Å². The first-order valence-corrected chi connectivity index (χ1v) is 9.47. The van der Waals surface area contributed by atoms with Gasteiger partial charge < -0.3 is 0 Å². The highest BCUT2D eigenvalue weighted by Crippen LogP contribution is 2.27. The van der Waals surface area contributed by atoms with Gasteiger partial charge in [-0.25, -0.2) is 8.42 Å². The molecule has 3 rings (SSSR count). The summed E-state index contributed by atoms with van der Waals surface area (Å²) in [5.74, 6) is 0. The molecule has 0 spiro atoms. The number of halogens is 1. The van der Waals surface area contributed by atoms with Crippen molar-refractivity contribution in [2.24, 2.45) is 0 Å². The Hall–Kier alpha value is -1.83. The molecule has 0 aliphatic rings. The van der Waals surface area contributed by atoms with Gasteiger partial charge in [-0.2, -0.15) is 5.10 Å². The summed E-state index contributed by atoms with van der Waals surface area (Å²) in [5, 5.41) is 4.20. The Labute approximate surface area is 143 Å². The van der Waals surface area contributed by atoms with Crippen LogP contribution in [0.1, 0.15) is 11.1 Å². The molecule has 1 aromatic carbocycles. The number of aryl methyl sites for hydroxylation is 1. The molecule has 2 aromatic heterocycles. The van der Waals surface area contributed by atoms with Gasteiger partial charge in [0.25, 0.3) is 10.0 Å². The summed E-state index contributed by atoms with van der Waals surface area (Å²) in [5.41, 5.74) is 2.72. The number of hydrogen-bond donors (Lipinski definition) is 1. The van der Waals surface area contributed by atoms with Crippen LogP contribution in [0.15, 0.2) is 53.0 Å². The summed E-state index contributed by atoms with van der Waals surface area (Å²) in [6.45, 7) is 2.61. The van der Waals surface area contributed by atoms with Gasteiger partial charge in [0.05, 0.1) is 22.8 Å². The molecular formula is C15H14ClN3O2S2. The van der Waals surface area contributed by atoms with Crippen LogP contribution in [0.2, 0.25) is 4.34 Å². The standard InChI is InChI=1S/C15H14ClN3O2S2/c1-11-4-2-3-5-12(11)9-19-10-13(8-17-19)18-23(20,21)15-7-6-14(16)22-15/h2-8,10,18H,9H2,1H3. The minimum atomic E-state index is -3.63. The zero-order valence-electron chi connectivity index (χ0n) is 12.2. The quantitative estimate of drug-likeness (QED) is 0.746. The maximum atomic E-state index is 12.2. The van der Waals surface area contributed by atoms with Crippen LogP contribution in [-0.4, -0.2) is 18.2 Å². The Balaban J connectivity index is 1.76. The lowest BCUT2D eigenvalue weighted by Gasteiger charge is -2.05. The second-order valence-corrected chi connectivity index (χ2v) is 8.64. The van der Waals surface area contributed by atoms with Crippen LogP contribution < -0.4 is 4.72 Å².